The number of nitrogens with two attached hydrogens (primary N) is 1. The van der Waals surface area contributed by atoms with Crippen LogP contribution in [0.1, 0.15) is 32.1 Å². The number of carbonyl (C=O) groups is 1. The summed E-state index contributed by atoms with van der Waals surface area (Å²) in [6, 6.07) is 2.13. The Morgan fingerprint density at radius 3 is 2.76 bits per heavy atom. The van der Waals surface area contributed by atoms with Gasteiger partial charge < -0.3 is 15.8 Å². The molecule has 0 saturated heterocycles. The van der Waals surface area contributed by atoms with Crippen LogP contribution in [0.15, 0.2) is 0 Å². The van der Waals surface area contributed by atoms with Crippen LogP contribution in [0.4, 0.5) is 0 Å². The first-order valence-corrected chi connectivity index (χ1v) is 6.08. The Bertz CT molecular complexity index is 291. The lowest BCUT2D eigenvalue weighted by molar-refractivity contribution is -0.126. The third-order valence-corrected chi connectivity index (χ3v) is 3.30. The van der Waals surface area contributed by atoms with E-state index in [4.69, 9.17) is 15.7 Å². The molecule has 0 radical (unpaired) electrons. The summed E-state index contributed by atoms with van der Waals surface area (Å²) in [5.74, 6) is 0.101. The number of ether oxygens (including phenoxy) is 1. The summed E-state index contributed by atoms with van der Waals surface area (Å²) >= 11 is 0. The van der Waals surface area contributed by atoms with Crippen molar-refractivity contribution in [2.24, 2.45) is 11.7 Å². The van der Waals surface area contributed by atoms with Crippen LogP contribution >= 0.6 is 0 Å². The summed E-state index contributed by atoms with van der Waals surface area (Å²) < 4.78 is 4.91. The lowest BCUT2D eigenvalue weighted by atomic mass is 9.77. The minimum Gasteiger partial charge on any atom is -0.385 e. The number of hydrogen-bond donors (Lipinski definition) is 2. The molecule has 0 heterocycles. The molecule has 1 amide bonds. The highest BCUT2D eigenvalue weighted by molar-refractivity contribution is 5.78. The van der Waals surface area contributed by atoms with E-state index >= 15 is 0 Å². The van der Waals surface area contributed by atoms with Crippen molar-refractivity contribution in [1.82, 2.24) is 5.32 Å². The highest BCUT2D eigenvalue weighted by Crippen LogP contribution is 2.29. The Balaban J connectivity index is 2.24. The molecule has 0 aromatic rings. The van der Waals surface area contributed by atoms with Crippen LogP contribution in [0.2, 0.25) is 0 Å². The molecular weight excluding hydrogens is 218 g/mol. The lowest BCUT2D eigenvalue weighted by Gasteiger charge is -2.30. The molecule has 3 N–H and O–H groups in total. The Kier molecular flexibility index (Phi) is 5.39. The largest absolute Gasteiger partial charge is 0.385 e. The number of nitrogens with zero attached hydrogens (tertiary/aromatic N) is 1. The zero-order chi connectivity index (χ0) is 12.7. The van der Waals surface area contributed by atoms with E-state index in [9.17, 15) is 4.79 Å². The quantitative estimate of drug-likeness (QED) is 0.686. The van der Waals surface area contributed by atoms with Gasteiger partial charge in [0.05, 0.1) is 6.07 Å². The molecule has 0 unspecified atom stereocenters. The summed E-state index contributed by atoms with van der Waals surface area (Å²) in [6.45, 7) is 1.31. The van der Waals surface area contributed by atoms with Crippen LogP contribution < -0.4 is 11.1 Å². The molecule has 1 fully saturated rings. The maximum Gasteiger partial charge on any atom is 0.223 e. The Hall–Kier alpha value is -1.12. The van der Waals surface area contributed by atoms with Gasteiger partial charge in [0.1, 0.15) is 5.54 Å². The smallest absolute Gasteiger partial charge is 0.223 e. The van der Waals surface area contributed by atoms with Gasteiger partial charge in [0, 0.05) is 26.2 Å². The first-order chi connectivity index (χ1) is 8.11. The molecule has 0 bridgehead atoms. The summed E-state index contributed by atoms with van der Waals surface area (Å²) in [5, 5.41) is 11.8. The first kappa shape index (κ1) is 13.9. The standard InChI is InChI=1S/C12H21N3O2/c1-17-8-2-7-15-11(16)10-3-5-12(14,9-13)6-4-10/h10H,2-8,14H2,1H3,(H,15,16). The van der Waals surface area contributed by atoms with Gasteiger partial charge in [0.2, 0.25) is 5.91 Å². The van der Waals surface area contributed by atoms with Crippen LogP contribution in [-0.2, 0) is 9.53 Å². The van der Waals surface area contributed by atoms with Gasteiger partial charge in [0.15, 0.2) is 0 Å². The average molecular weight is 239 g/mol. The second-order valence-electron chi connectivity index (χ2n) is 4.68. The monoisotopic (exact) mass is 239 g/mol. The highest BCUT2D eigenvalue weighted by atomic mass is 16.5. The SMILES string of the molecule is COCCCNC(=O)C1CCC(N)(C#N)CC1. The number of hydrogen-bond acceptors (Lipinski definition) is 4. The van der Waals surface area contributed by atoms with Gasteiger partial charge in [-0.1, -0.05) is 0 Å². The van der Waals surface area contributed by atoms with Crippen molar-refractivity contribution in [2.75, 3.05) is 20.3 Å². The fourth-order valence-corrected chi connectivity index (χ4v) is 2.08. The average Bonchev–Trinajstić information content (AvgIpc) is 2.35. The van der Waals surface area contributed by atoms with Crippen molar-refractivity contribution in [2.45, 2.75) is 37.6 Å². The number of nitriles is 1. The third-order valence-electron chi connectivity index (χ3n) is 3.30. The second-order valence-corrected chi connectivity index (χ2v) is 4.68. The Labute approximate surface area is 102 Å². The fourth-order valence-electron chi connectivity index (χ4n) is 2.08. The van der Waals surface area contributed by atoms with E-state index in [1.54, 1.807) is 7.11 Å². The molecule has 0 atom stereocenters. The van der Waals surface area contributed by atoms with Crippen LogP contribution in [0.5, 0.6) is 0 Å². The van der Waals surface area contributed by atoms with Crippen molar-refractivity contribution >= 4 is 5.91 Å². The van der Waals surface area contributed by atoms with Crippen molar-refractivity contribution in [3.8, 4) is 6.07 Å². The first-order valence-electron chi connectivity index (χ1n) is 6.08. The molecule has 0 aliphatic heterocycles. The number of carbonyl (C=O) groups excluding carboxylic acids is 1. The topological polar surface area (TPSA) is 88.1 Å². The van der Waals surface area contributed by atoms with Crippen molar-refractivity contribution in [1.29, 1.82) is 5.26 Å². The van der Waals surface area contributed by atoms with Gasteiger partial charge >= 0.3 is 0 Å². The number of rotatable bonds is 5. The van der Waals surface area contributed by atoms with E-state index in [0.717, 1.165) is 6.42 Å². The van der Waals surface area contributed by atoms with Gasteiger partial charge in [-0.15, -0.1) is 0 Å². The minimum atomic E-state index is -0.715. The number of methoxy groups -OCH3 is 1. The Morgan fingerprint density at radius 2 is 2.24 bits per heavy atom. The fraction of sp³-hybridized carbons (Fsp3) is 0.833. The summed E-state index contributed by atoms with van der Waals surface area (Å²) in [6.07, 6.45) is 3.47. The molecule has 5 nitrogen and oxygen atoms in total. The van der Waals surface area contributed by atoms with Crippen molar-refractivity contribution < 1.29 is 9.53 Å². The highest BCUT2D eigenvalue weighted by Gasteiger charge is 2.34. The van der Waals surface area contributed by atoms with E-state index < -0.39 is 5.54 Å². The maximum atomic E-state index is 11.8. The van der Waals surface area contributed by atoms with Gasteiger partial charge in [-0.3, -0.25) is 4.79 Å². The van der Waals surface area contributed by atoms with E-state index in [1.165, 1.54) is 0 Å². The van der Waals surface area contributed by atoms with Gasteiger partial charge in [-0.2, -0.15) is 5.26 Å². The molecule has 1 aliphatic carbocycles. The van der Waals surface area contributed by atoms with Crippen molar-refractivity contribution in [3.05, 3.63) is 0 Å². The number of amides is 1. The van der Waals surface area contributed by atoms with Crippen molar-refractivity contribution in [3.63, 3.8) is 0 Å². The lowest BCUT2D eigenvalue weighted by Crippen LogP contribution is -2.44. The molecule has 5 heteroatoms. The predicted molar refractivity (Wildman–Crippen MR) is 64.0 cm³/mol. The second kappa shape index (κ2) is 6.58. The summed E-state index contributed by atoms with van der Waals surface area (Å²) in [5.41, 5.74) is 5.14. The maximum absolute atomic E-state index is 11.8. The molecule has 17 heavy (non-hydrogen) atoms. The van der Waals surface area contributed by atoms with Gasteiger partial charge in [-0.05, 0) is 32.1 Å². The zero-order valence-electron chi connectivity index (χ0n) is 10.4. The van der Waals surface area contributed by atoms with Gasteiger partial charge in [0.25, 0.3) is 0 Å². The van der Waals surface area contributed by atoms with Crippen LogP contribution in [0.25, 0.3) is 0 Å². The van der Waals surface area contributed by atoms with E-state index in [2.05, 4.69) is 11.4 Å². The third kappa shape index (κ3) is 4.33. The molecule has 0 aromatic carbocycles. The van der Waals surface area contributed by atoms with Crippen LogP contribution in [0, 0.1) is 17.2 Å². The number of nitrogens with one attached hydrogen (secondary N) is 1. The van der Waals surface area contributed by atoms with E-state index in [-0.39, 0.29) is 11.8 Å². The molecular formula is C12H21N3O2. The Morgan fingerprint density at radius 1 is 1.59 bits per heavy atom. The summed E-state index contributed by atoms with van der Waals surface area (Å²) in [4.78, 5) is 11.8. The molecule has 0 spiro atoms. The minimum absolute atomic E-state index is 0.0163. The zero-order valence-corrected chi connectivity index (χ0v) is 10.4. The van der Waals surface area contributed by atoms with Crippen LogP contribution in [0.3, 0.4) is 0 Å². The molecule has 96 valence electrons. The normalized spacial score (nSPS) is 28.4. The van der Waals surface area contributed by atoms with Crippen LogP contribution in [-0.4, -0.2) is 31.7 Å². The molecule has 1 saturated carbocycles. The molecule has 0 aromatic heterocycles. The van der Waals surface area contributed by atoms with E-state index in [1.807, 2.05) is 0 Å². The summed E-state index contributed by atoms with van der Waals surface area (Å²) in [7, 11) is 1.64. The predicted octanol–water partition coefficient (Wildman–Crippen LogP) is 0.550. The molecule has 1 rings (SSSR count). The van der Waals surface area contributed by atoms with Gasteiger partial charge in [-0.25, -0.2) is 0 Å². The molecule has 1 aliphatic rings. The van der Waals surface area contributed by atoms with E-state index in [0.29, 0.717) is 38.8 Å².